The van der Waals surface area contributed by atoms with Crippen molar-refractivity contribution >= 4 is 5.95 Å². The molecule has 2 aromatic rings. The summed E-state index contributed by atoms with van der Waals surface area (Å²) < 4.78 is 5.81. The van der Waals surface area contributed by atoms with Gasteiger partial charge in [-0.15, -0.1) is 0 Å². The number of ether oxygens (including phenoxy) is 1. The number of aliphatic hydroxyl groups excluding tert-OH is 1. The number of aryl methyl sites for hydroxylation is 1. The molecular weight excluding hydrogens is 378 g/mol. The van der Waals surface area contributed by atoms with E-state index in [1.165, 1.54) is 19.3 Å². The van der Waals surface area contributed by atoms with Crippen molar-refractivity contribution in [2.24, 2.45) is 0 Å². The lowest BCUT2D eigenvalue weighted by Crippen LogP contribution is -2.36. The van der Waals surface area contributed by atoms with E-state index in [9.17, 15) is 5.11 Å². The van der Waals surface area contributed by atoms with Crippen LogP contribution in [-0.4, -0.2) is 45.4 Å². The number of pyridine rings is 1. The topological polar surface area (TPSA) is 95.2 Å². The molecule has 2 aliphatic rings. The van der Waals surface area contributed by atoms with E-state index in [4.69, 9.17) is 10.00 Å². The highest BCUT2D eigenvalue weighted by atomic mass is 16.5. The Hall–Kier alpha value is -2.72. The summed E-state index contributed by atoms with van der Waals surface area (Å²) >= 11 is 0. The van der Waals surface area contributed by atoms with Crippen LogP contribution in [0.5, 0.6) is 5.75 Å². The Kier molecular flexibility index (Phi) is 8.40. The fourth-order valence-corrected chi connectivity index (χ4v) is 3.69. The van der Waals surface area contributed by atoms with Gasteiger partial charge in [0.15, 0.2) is 0 Å². The maximum absolute atomic E-state index is 9.39. The first-order valence-corrected chi connectivity index (χ1v) is 10.9. The quantitative estimate of drug-likeness (QED) is 0.823. The third-order valence-corrected chi connectivity index (χ3v) is 5.59. The van der Waals surface area contributed by atoms with Gasteiger partial charge < -0.3 is 14.7 Å². The van der Waals surface area contributed by atoms with Crippen LogP contribution >= 0.6 is 0 Å². The molecule has 30 heavy (non-hydrogen) atoms. The number of aliphatic hydroxyl groups is 1. The zero-order chi connectivity index (χ0) is 21.2. The molecule has 4 rings (SSSR count). The van der Waals surface area contributed by atoms with Crippen molar-refractivity contribution in [2.45, 2.75) is 70.5 Å². The first-order valence-electron chi connectivity index (χ1n) is 10.9. The number of nitrogens with zero attached hydrogens (tertiary/aromatic N) is 5. The lowest BCUT2D eigenvalue weighted by Gasteiger charge is -2.29. The van der Waals surface area contributed by atoms with Crippen LogP contribution in [0, 0.1) is 11.3 Å². The second-order valence-electron chi connectivity index (χ2n) is 7.82. The smallest absolute Gasteiger partial charge is 0.225 e. The van der Waals surface area contributed by atoms with Crippen molar-refractivity contribution in [2.75, 3.05) is 18.0 Å². The van der Waals surface area contributed by atoms with Crippen molar-refractivity contribution in [3.8, 4) is 11.8 Å². The van der Waals surface area contributed by atoms with Gasteiger partial charge >= 0.3 is 0 Å². The normalized spacial score (nSPS) is 17.6. The summed E-state index contributed by atoms with van der Waals surface area (Å²) in [7, 11) is 0. The molecule has 7 heteroatoms. The molecule has 2 fully saturated rings. The summed E-state index contributed by atoms with van der Waals surface area (Å²) in [6, 6.07) is 3.87. The van der Waals surface area contributed by atoms with Crippen LogP contribution in [0.15, 0.2) is 30.9 Å². The predicted molar refractivity (Wildman–Crippen MR) is 115 cm³/mol. The lowest BCUT2D eigenvalue weighted by atomic mass is 9.98. The molecule has 2 aromatic heterocycles. The number of hydrogen-bond acceptors (Lipinski definition) is 7. The number of aromatic nitrogens is 3. The number of piperidine rings is 1. The van der Waals surface area contributed by atoms with Crippen LogP contribution in [0.1, 0.15) is 63.0 Å². The summed E-state index contributed by atoms with van der Waals surface area (Å²) in [6.45, 7) is 3.80. The number of hydrogen-bond donors (Lipinski definition) is 1. The Morgan fingerprint density at radius 1 is 1.10 bits per heavy atom. The first-order chi connectivity index (χ1) is 14.7. The number of rotatable bonds is 4. The molecule has 1 saturated heterocycles. The summed E-state index contributed by atoms with van der Waals surface area (Å²) in [5.74, 6) is 1.47. The molecule has 0 bridgehead atoms. The van der Waals surface area contributed by atoms with E-state index in [0.29, 0.717) is 11.3 Å². The molecule has 1 aliphatic carbocycles. The third kappa shape index (κ3) is 6.39. The van der Waals surface area contributed by atoms with Crippen LogP contribution in [0.3, 0.4) is 0 Å². The minimum absolute atomic E-state index is 0.142. The molecule has 1 aliphatic heterocycles. The fourth-order valence-electron chi connectivity index (χ4n) is 3.69. The number of anilines is 1. The van der Waals surface area contributed by atoms with Gasteiger partial charge in [0.05, 0.1) is 12.2 Å². The van der Waals surface area contributed by atoms with Crippen LogP contribution < -0.4 is 9.64 Å². The molecule has 3 heterocycles. The van der Waals surface area contributed by atoms with Gasteiger partial charge in [0.1, 0.15) is 17.4 Å². The van der Waals surface area contributed by atoms with Crippen molar-refractivity contribution in [1.29, 1.82) is 5.26 Å². The maximum atomic E-state index is 9.39. The highest BCUT2D eigenvalue weighted by Crippen LogP contribution is 2.24. The van der Waals surface area contributed by atoms with E-state index in [1.807, 2.05) is 12.4 Å². The summed E-state index contributed by atoms with van der Waals surface area (Å²) in [5.41, 5.74) is 1.69. The van der Waals surface area contributed by atoms with Crippen molar-refractivity contribution in [1.82, 2.24) is 15.0 Å². The molecular formula is C23H31N5O2. The van der Waals surface area contributed by atoms with Gasteiger partial charge in [0, 0.05) is 37.9 Å². The standard InChI is InChI=1S/C12H14N2O.C11H17N3O/c13-8-10-9-14-7-6-12(10)15-11-4-2-1-3-5-11;1-2-9-7-12-11(13-8-9)14-5-3-10(15)4-6-14/h6-7,9,11H,1-5H2;7-8,10,15H,2-6H2,1H3. The van der Waals surface area contributed by atoms with E-state index < -0.39 is 0 Å². The van der Waals surface area contributed by atoms with Crippen LogP contribution in [0.25, 0.3) is 0 Å². The lowest BCUT2D eigenvalue weighted by molar-refractivity contribution is 0.145. The fraction of sp³-hybridized carbons (Fsp3) is 0.565. The van der Waals surface area contributed by atoms with Crippen LogP contribution in [-0.2, 0) is 6.42 Å². The van der Waals surface area contributed by atoms with E-state index >= 15 is 0 Å². The van der Waals surface area contributed by atoms with Gasteiger partial charge in [-0.05, 0) is 56.6 Å². The summed E-state index contributed by atoms with van der Waals surface area (Å²) in [5, 5.41) is 18.3. The predicted octanol–water partition coefficient (Wildman–Crippen LogP) is 3.66. The van der Waals surface area contributed by atoms with Gasteiger partial charge in [-0.2, -0.15) is 5.26 Å². The molecule has 0 unspecified atom stereocenters. The van der Waals surface area contributed by atoms with Gasteiger partial charge in [-0.25, -0.2) is 9.97 Å². The third-order valence-electron chi connectivity index (χ3n) is 5.59. The highest BCUT2D eigenvalue weighted by molar-refractivity contribution is 5.40. The second kappa shape index (κ2) is 11.5. The zero-order valence-corrected chi connectivity index (χ0v) is 17.7. The Bertz CT molecular complexity index is 807. The van der Waals surface area contributed by atoms with E-state index in [0.717, 1.165) is 56.7 Å². The van der Waals surface area contributed by atoms with Gasteiger partial charge in [-0.3, -0.25) is 4.98 Å². The van der Waals surface area contributed by atoms with Crippen LogP contribution in [0.2, 0.25) is 0 Å². The largest absolute Gasteiger partial charge is 0.489 e. The number of nitriles is 1. The molecule has 1 saturated carbocycles. The van der Waals surface area contributed by atoms with Gasteiger partial charge in [0.25, 0.3) is 0 Å². The van der Waals surface area contributed by atoms with E-state index in [2.05, 4.69) is 32.8 Å². The molecule has 0 atom stereocenters. The molecule has 0 aromatic carbocycles. The Morgan fingerprint density at radius 2 is 1.80 bits per heavy atom. The summed E-state index contributed by atoms with van der Waals surface area (Å²) in [4.78, 5) is 14.7. The minimum Gasteiger partial charge on any atom is -0.489 e. The van der Waals surface area contributed by atoms with Crippen molar-refractivity contribution < 1.29 is 9.84 Å². The van der Waals surface area contributed by atoms with E-state index in [1.54, 1.807) is 18.5 Å². The van der Waals surface area contributed by atoms with Crippen LogP contribution in [0.4, 0.5) is 5.95 Å². The van der Waals surface area contributed by atoms with Gasteiger partial charge in [0.2, 0.25) is 5.95 Å². The highest BCUT2D eigenvalue weighted by Gasteiger charge is 2.18. The Morgan fingerprint density at radius 3 is 2.43 bits per heavy atom. The van der Waals surface area contributed by atoms with Gasteiger partial charge in [-0.1, -0.05) is 13.3 Å². The summed E-state index contributed by atoms with van der Waals surface area (Å²) in [6.07, 6.45) is 15.7. The van der Waals surface area contributed by atoms with Crippen molar-refractivity contribution in [3.05, 3.63) is 42.0 Å². The van der Waals surface area contributed by atoms with Crippen molar-refractivity contribution in [3.63, 3.8) is 0 Å². The molecule has 7 nitrogen and oxygen atoms in total. The molecule has 0 amide bonds. The molecule has 0 radical (unpaired) electrons. The molecule has 160 valence electrons. The average Bonchev–Trinajstić information content (AvgIpc) is 2.81. The molecule has 0 spiro atoms. The minimum atomic E-state index is -0.142. The first kappa shape index (κ1) is 22.0. The second-order valence-corrected chi connectivity index (χ2v) is 7.82. The zero-order valence-electron chi connectivity index (χ0n) is 17.7. The SMILES string of the molecule is CCc1cnc(N2CCC(O)CC2)nc1.N#Cc1cnccc1OC1CCCCC1. The maximum Gasteiger partial charge on any atom is 0.225 e. The molecule has 1 N–H and O–H groups in total. The Balaban J connectivity index is 0.000000171. The van der Waals surface area contributed by atoms with E-state index in [-0.39, 0.29) is 12.2 Å². The average molecular weight is 410 g/mol. The Labute approximate surface area is 178 Å². The monoisotopic (exact) mass is 409 g/mol.